The molecule has 114 valence electrons. The number of aliphatic hydroxyl groups is 1. The van der Waals surface area contributed by atoms with Gasteiger partial charge in [-0.25, -0.2) is 0 Å². The highest BCUT2D eigenvalue weighted by Crippen LogP contribution is 2.28. The third-order valence-corrected chi connectivity index (χ3v) is 3.99. The maximum atomic E-state index is 9.57. The predicted molar refractivity (Wildman–Crippen MR) is 82.5 cm³/mol. The summed E-state index contributed by atoms with van der Waals surface area (Å²) in [7, 11) is 0. The van der Waals surface area contributed by atoms with Crippen molar-refractivity contribution < 1.29 is 5.11 Å². The Morgan fingerprint density at radius 3 is 2.53 bits per heavy atom. The molecule has 0 aromatic carbocycles. The topological polar surface area (TPSA) is 35.5 Å². The summed E-state index contributed by atoms with van der Waals surface area (Å²) in [5.41, 5.74) is -0.0942. The minimum absolute atomic E-state index is 0.0942. The van der Waals surface area contributed by atoms with Gasteiger partial charge in [0.2, 0.25) is 0 Å². The quantitative estimate of drug-likeness (QED) is 0.606. The third kappa shape index (κ3) is 6.73. The number of nitrogens with zero attached hydrogens (tertiary/aromatic N) is 1. The molecule has 0 radical (unpaired) electrons. The first-order valence-corrected chi connectivity index (χ1v) is 8.10. The highest BCUT2D eigenvalue weighted by atomic mass is 16.3. The second-order valence-electron chi connectivity index (χ2n) is 6.87. The van der Waals surface area contributed by atoms with E-state index in [2.05, 4.69) is 37.9 Å². The van der Waals surface area contributed by atoms with Crippen LogP contribution in [0.1, 0.15) is 59.8 Å². The molecule has 1 aliphatic rings. The van der Waals surface area contributed by atoms with Crippen LogP contribution in [-0.2, 0) is 0 Å². The smallest absolute Gasteiger partial charge is 0.0610 e. The Balaban J connectivity index is 2.28. The highest BCUT2D eigenvalue weighted by molar-refractivity contribution is 4.87. The lowest BCUT2D eigenvalue weighted by atomic mass is 9.96. The average Bonchev–Trinajstić information content (AvgIpc) is 3.19. The second kappa shape index (κ2) is 8.23. The molecule has 0 aliphatic heterocycles. The first kappa shape index (κ1) is 16.9. The molecule has 0 amide bonds. The lowest BCUT2D eigenvalue weighted by Crippen LogP contribution is -2.46. The molecule has 3 heteroatoms. The Morgan fingerprint density at radius 2 is 2.05 bits per heavy atom. The van der Waals surface area contributed by atoms with Crippen molar-refractivity contribution in [1.82, 2.24) is 10.2 Å². The fourth-order valence-electron chi connectivity index (χ4n) is 2.65. The Kier molecular flexibility index (Phi) is 7.33. The van der Waals surface area contributed by atoms with E-state index in [1.165, 1.54) is 32.4 Å². The molecule has 1 fully saturated rings. The van der Waals surface area contributed by atoms with Crippen molar-refractivity contribution in [2.45, 2.75) is 71.4 Å². The number of aliphatic hydroxyl groups excluding tert-OH is 1. The lowest BCUT2D eigenvalue weighted by molar-refractivity contribution is 0.153. The first-order chi connectivity index (χ1) is 9.00. The van der Waals surface area contributed by atoms with Crippen LogP contribution in [0.25, 0.3) is 0 Å². The van der Waals surface area contributed by atoms with Gasteiger partial charge in [0.05, 0.1) is 6.61 Å². The molecule has 3 nitrogen and oxygen atoms in total. The zero-order valence-electron chi connectivity index (χ0n) is 13.4. The molecule has 1 saturated carbocycles. The SMILES string of the molecule is CCCNC(C)(CO)CCCN(CC(C)C)C1CC1. The number of hydrogen-bond acceptors (Lipinski definition) is 3. The van der Waals surface area contributed by atoms with Crippen molar-refractivity contribution >= 4 is 0 Å². The van der Waals surface area contributed by atoms with Crippen molar-refractivity contribution in [3.63, 3.8) is 0 Å². The number of hydrogen-bond donors (Lipinski definition) is 2. The van der Waals surface area contributed by atoms with Crippen LogP contribution in [0.3, 0.4) is 0 Å². The van der Waals surface area contributed by atoms with Gasteiger partial charge in [0.25, 0.3) is 0 Å². The zero-order chi connectivity index (χ0) is 14.3. The maximum absolute atomic E-state index is 9.57. The van der Waals surface area contributed by atoms with Crippen LogP contribution in [0, 0.1) is 5.92 Å². The van der Waals surface area contributed by atoms with Gasteiger partial charge < -0.3 is 15.3 Å². The summed E-state index contributed by atoms with van der Waals surface area (Å²) < 4.78 is 0. The summed E-state index contributed by atoms with van der Waals surface area (Å²) in [5.74, 6) is 0.753. The van der Waals surface area contributed by atoms with Crippen molar-refractivity contribution in [1.29, 1.82) is 0 Å². The van der Waals surface area contributed by atoms with Gasteiger partial charge in [-0.2, -0.15) is 0 Å². The van der Waals surface area contributed by atoms with E-state index in [0.717, 1.165) is 31.3 Å². The molecule has 1 unspecified atom stereocenters. The van der Waals surface area contributed by atoms with Gasteiger partial charge in [0.1, 0.15) is 0 Å². The van der Waals surface area contributed by atoms with Crippen LogP contribution in [-0.4, -0.2) is 47.8 Å². The van der Waals surface area contributed by atoms with E-state index in [4.69, 9.17) is 0 Å². The van der Waals surface area contributed by atoms with E-state index in [-0.39, 0.29) is 12.1 Å². The minimum atomic E-state index is -0.0942. The zero-order valence-corrected chi connectivity index (χ0v) is 13.4. The Bertz CT molecular complexity index is 241. The van der Waals surface area contributed by atoms with Crippen LogP contribution in [0.15, 0.2) is 0 Å². The molecule has 0 saturated heterocycles. The van der Waals surface area contributed by atoms with Gasteiger partial charge in [0, 0.05) is 18.1 Å². The summed E-state index contributed by atoms with van der Waals surface area (Å²) in [6, 6.07) is 0.853. The maximum Gasteiger partial charge on any atom is 0.0610 e. The normalized spacial score (nSPS) is 19.1. The predicted octanol–water partition coefficient (Wildman–Crippen LogP) is 2.64. The molecule has 0 aromatic rings. The second-order valence-corrected chi connectivity index (χ2v) is 6.87. The summed E-state index contributed by atoms with van der Waals surface area (Å²) in [5, 5.41) is 13.1. The molecule has 0 heterocycles. The van der Waals surface area contributed by atoms with Gasteiger partial charge in [-0.3, -0.25) is 0 Å². The monoisotopic (exact) mass is 270 g/mol. The molecule has 0 bridgehead atoms. The standard InChI is InChI=1S/C16H34N2O/c1-5-10-17-16(4,13-19)9-6-11-18(12-14(2)3)15-7-8-15/h14-15,17,19H,5-13H2,1-4H3. The van der Waals surface area contributed by atoms with Crippen LogP contribution in [0.4, 0.5) is 0 Å². The molecule has 19 heavy (non-hydrogen) atoms. The van der Waals surface area contributed by atoms with Crippen LogP contribution in [0.5, 0.6) is 0 Å². The molecule has 2 N–H and O–H groups in total. The molecule has 1 rings (SSSR count). The van der Waals surface area contributed by atoms with Crippen molar-refractivity contribution in [3.05, 3.63) is 0 Å². The van der Waals surface area contributed by atoms with Crippen LogP contribution >= 0.6 is 0 Å². The fourth-order valence-corrected chi connectivity index (χ4v) is 2.65. The summed E-state index contributed by atoms with van der Waals surface area (Å²) in [4.78, 5) is 2.66. The molecular weight excluding hydrogens is 236 g/mol. The van der Waals surface area contributed by atoms with Crippen molar-refractivity contribution in [2.75, 3.05) is 26.2 Å². The summed E-state index contributed by atoms with van der Waals surface area (Å²) in [6.07, 6.45) is 6.13. The molecule has 1 aliphatic carbocycles. The van der Waals surface area contributed by atoms with E-state index in [1.54, 1.807) is 0 Å². The lowest BCUT2D eigenvalue weighted by Gasteiger charge is -2.31. The van der Waals surface area contributed by atoms with Crippen molar-refractivity contribution in [2.24, 2.45) is 5.92 Å². The largest absolute Gasteiger partial charge is 0.394 e. The van der Waals surface area contributed by atoms with E-state index < -0.39 is 0 Å². The Labute approximate surface area is 119 Å². The van der Waals surface area contributed by atoms with Crippen LogP contribution in [0.2, 0.25) is 0 Å². The number of nitrogens with one attached hydrogen (secondary N) is 1. The minimum Gasteiger partial charge on any atom is -0.394 e. The average molecular weight is 270 g/mol. The third-order valence-electron chi connectivity index (χ3n) is 3.99. The van der Waals surface area contributed by atoms with Gasteiger partial charge in [-0.15, -0.1) is 0 Å². The summed E-state index contributed by atoms with van der Waals surface area (Å²) in [6.45, 7) is 12.6. The fraction of sp³-hybridized carbons (Fsp3) is 1.00. The first-order valence-electron chi connectivity index (χ1n) is 8.10. The summed E-state index contributed by atoms with van der Waals surface area (Å²) >= 11 is 0. The Morgan fingerprint density at radius 1 is 1.37 bits per heavy atom. The van der Waals surface area contributed by atoms with Crippen LogP contribution < -0.4 is 5.32 Å². The molecule has 1 atom stereocenters. The van der Waals surface area contributed by atoms with E-state index in [1.807, 2.05) is 0 Å². The molecule has 0 spiro atoms. The van der Waals surface area contributed by atoms with Gasteiger partial charge in [0.15, 0.2) is 0 Å². The number of rotatable bonds is 11. The van der Waals surface area contributed by atoms with Gasteiger partial charge in [-0.1, -0.05) is 20.8 Å². The van der Waals surface area contributed by atoms with Gasteiger partial charge >= 0.3 is 0 Å². The van der Waals surface area contributed by atoms with E-state index in [0.29, 0.717) is 0 Å². The highest BCUT2D eigenvalue weighted by Gasteiger charge is 2.29. The van der Waals surface area contributed by atoms with Crippen molar-refractivity contribution in [3.8, 4) is 0 Å². The van der Waals surface area contributed by atoms with E-state index in [9.17, 15) is 5.11 Å². The Hall–Kier alpha value is -0.120. The molecule has 0 aromatic heterocycles. The molecular formula is C16H34N2O. The van der Waals surface area contributed by atoms with Gasteiger partial charge in [-0.05, 0) is 58.0 Å². The van der Waals surface area contributed by atoms with E-state index >= 15 is 0 Å².